The number of carbonyl (C=O) groups is 11. The molecule has 26 heteroatoms. The van der Waals surface area contributed by atoms with Gasteiger partial charge in [-0.1, -0.05) is 70.0 Å². The molecule has 1 unspecified atom stereocenters. The molecule has 26 nitrogen and oxygen atoms in total. The van der Waals surface area contributed by atoms with Crippen molar-refractivity contribution in [2.45, 2.75) is 159 Å². The highest BCUT2D eigenvalue weighted by atomic mass is 16.2. The van der Waals surface area contributed by atoms with Crippen LogP contribution < -0.4 is 81.8 Å². The highest BCUT2D eigenvalue weighted by Crippen LogP contribution is 2.26. The van der Waals surface area contributed by atoms with Gasteiger partial charge in [0.25, 0.3) is 0 Å². The number of amides is 10. The van der Waals surface area contributed by atoms with E-state index in [9.17, 15) is 52.7 Å². The van der Waals surface area contributed by atoms with Crippen molar-refractivity contribution in [3.63, 3.8) is 0 Å². The second-order valence-corrected chi connectivity index (χ2v) is 19.9. The number of rotatable bonds is 20. The summed E-state index contributed by atoms with van der Waals surface area (Å²) in [5.74, 6) is -9.96. The Balaban J connectivity index is 2.10. The number of hydrogen-bond acceptors (Lipinski definition) is 16. The molecule has 1 aliphatic carbocycles. The molecule has 0 spiro atoms. The van der Waals surface area contributed by atoms with E-state index < -0.39 is 138 Å². The van der Waals surface area contributed by atoms with E-state index in [-0.39, 0.29) is 75.7 Å². The third-order valence-electron chi connectivity index (χ3n) is 13.3. The average molecular weight is 1080 g/mol. The molecule has 0 bridgehead atoms. The van der Waals surface area contributed by atoms with E-state index in [0.717, 1.165) is 39.0 Å². The first-order valence-electron chi connectivity index (χ1n) is 26.4. The van der Waals surface area contributed by atoms with Gasteiger partial charge < -0.3 is 81.8 Å². The quantitative estimate of drug-likeness (QED) is 0.0548. The summed E-state index contributed by atoms with van der Waals surface area (Å²) in [6, 6.07) is -5.79. The first-order chi connectivity index (χ1) is 36.6. The van der Waals surface area contributed by atoms with Gasteiger partial charge in [-0.2, -0.15) is 0 Å². The summed E-state index contributed by atoms with van der Waals surface area (Å²) in [4.78, 5) is 152. The van der Waals surface area contributed by atoms with Crippen LogP contribution in [0.3, 0.4) is 0 Å². The van der Waals surface area contributed by atoms with Gasteiger partial charge in [-0.05, 0) is 114 Å². The number of hydrogen-bond donors (Lipinski definition) is 15. The minimum absolute atomic E-state index is 0.0270. The van der Waals surface area contributed by atoms with Gasteiger partial charge in [0.15, 0.2) is 11.8 Å². The predicted octanol–water partition coefficient (Wildman–Crippen LogP) is -4.46. The summed E-state index contributed by atoms with van der Waals surface area (Å²) < 4.78 is 0. The fourth-order valence-corrected chi connectivity index (χ4v) is 8.85. The van der Waals surface area contributed by atoms with E-state index in [1.807, 2.05) is 0 Å². The molecule has 1 saturated carbocycles. The van der Waals surface area contributed by atoms with Crippen LogP contribution in [0.25, 0.3) is 5.57 Å². The summed E-state index contributed by atoms with van der Waals surface area (Å²) >= 11 is 0. The molecule has 1 aromatic carbocycles. The van der Waals surface area contributed by atoms with Gasteiger partial charge in [0.2, 0.25) is 59.1 Å². The topological polar surface area (TPSA) is 438 Å². The Hall–Kier alpha value is -6.87. The van der Waals surface area contributed by atoms with Gasteiger partial charge in [-0.3, -0.25) is 52.7 Å². The van der Waals surface area contributed by atoms with Crippen LogP contribution in [0.15, 0.2) is 36.9 Å². The smallest absolute Gasteiger partial charge is 0.250 e. The standard InChI is InChI=1S/C51H83N15O11/c1-27(2)26-38-48(74)62-34(17-22-53)44(70)60-36(19-24-55)47(73)66-41(30(5)67)50(76)57-25-20-37(45(71)61-35(18-23-54)46(72)65-40(51(77)64-38)28(3)31-12-8-6-9-13-31)63-43(69)33(16-21-52)59-42(68)29(4)58-49(75)39(56)32-14-10-7-11-15-32/h6,8-9,12-13,27,29,32-41H,3,7,10-11,14-26,52-56H2,1-2,4-5H3,(H,57,76)(H,58,75)(H,59,68)(H,60,70)(H,61,71)(H,62,74)(H,63,69)(H,64,77)(H,65,72)(H,66,73)/t29-,33-,34?,35-,36-,37-,38-,39-,40+,41-/m0/s1. The predicted molar refractivity (Wildman–Crippen MR) is 286 cm³/mol. The van der Waals surface area contributed by atoms with Crippen molar-refractivity contribution in [1.82, 2.24) is 53.2 Å². The average Bonchev–Trinajstić information content (AvgIpc) is 3.39. The van der Waals surface area contributed by atoms with Crippen LogP contribution in [0.1, 0.15) is 104 Å². The van der Waals surface area contributed by atoms with Crippen LogP contribution in [-0.4, -0.2) is 158 Å². The molecule has 1 aromatic rings. The Morgan fingerprint density at radius 1 is 0.597 bits per heavy atom. The van der Waals surface area contributed by atoms with Gasteiger partial charge >= 0.3 is 0 Å². The van der Waals surface area contributed by atoms with Crippen LogP contribution in [-0.2, 0) is 52.7 Å². The van der Waals surface area contributed by atoms with E-state index >= 15 is 0 Å². The van der Waals surface area contributed by atoms with Crippen LogP contribution in [0.2, 0.25) is 0 Å². The lowest BCUT2D eigenvalue weighted by molar-refractivity contribution is -0.137. The third-order valence-corrected chi connectivity index (χ3v) is 13.3. The number of nitrogens with two attached hydrogens (primary N) is 5. The second-order valence-electron chi connectivity index (χ2n) is 19.9. The van der Waals surface area contributed by atoms with E-state index in [0.29, 0.717) is 5.56 Å². The number of Topliss-reactive ketones (excluding diaryl/α,β-unsaturated/α-hetero) is 1. The summed E-state index contributed by atoms with van der Waals surface area (Å²) in [7, 11) is 0. The van der Waals surface area contributed by atoms with Crippen molar-refractivity contribution in [3.8, 4) is 0 Å². The van der Waals surface area contributed by atoms with Gasteiger partial charge in [0, 0.05) is 6.54 Å². The minimum atomic E-state index is -1.84. The zero-order valence-electron chi connectivity index (χ0n) is 44.7. The molecule has 1 heterocycles. The van der Waals surface area contributed by atoms with Crippen molar-refractivity contribution in [1.29, 1.82) is 0 Å². The van der Waals surface area contributed by atoms with E-state index in [1.54, 1.807) is 44.2 Å². The second kappa shape index (κ2) is 32.7. The van der Waals surface area contributed by atoms with E-state index in [1.165, 1.54) is 6.92 Å². The molecule has 1 saturated heterocycles. The van der Waals surface area contributed by atoms with Gasteiger partial charge in [0.1, 0.15) is 48.3 Å². The van der Waals surface area contributed by atoms with Crippen LogP contribution in [0, 0.1) is 11.8 Å². The SMILES string of the molecule is C=C(c1ccccc1)[C@H]1NC(=O)[C@H](CCN)NC(=O)[C@@H](NC(=O)[C@H](CCN)NC(=O)[C@H](C)NC(=O)[C@@H](N)C2CCCCC2)CCNC(=O)[C@H](C(C)=O)NC(=O)[C@H](CCN)NC(=O)C(CCN)NC(=O)[C@H](CC(C)C)NC1=O. The molecule has 2 fully saturated rings. The first kappa shape index (κ1) is 64.4. The molecule has 1 aliphatic heterocycles. The van der Waals surface area contributed by atoms with Gasteiger partial charge in [0.05, 0.1) is 6.04 Å². The Bertz CT molecular complexity index is 2230. The van der Waals surface area contributed by atoms with Crippen LogP contribution in [0.4, 0.5) is 0 Å². The van der Waals surface area contributed by atoms with Gasteiger partial charge in [-0.15, -0.1) is 0 Å². The summed E-state index contributed by atoms with van der Waals surface area (Å²) in [6.07, 6.45) is 3.34. The molecular formula is C51H83N15O11. The maximum atomic E-state index is 14.5. The monoisotopic (exact) mass is 1080 g/mol. The molecule has 0 aromatic heterocycles. The largest absolute Gasteiger partial charge is 0.354 e. The number of benzene rings is 1. The fraction of sp³-hybridized carbons (Fsp3) is 0.627. The number of ketones is 1. The lowest BCUT2D eigenvalue weighted by Gasteiger charge is -2.29. The Morgan fingerprint density at radius 3 is 1.62 bits per heavy atom. The van der Waals surface area contributed by atoms with Gasteiger partial charge in [-0.25, -0.2) is 0 Å². The van der Waals surface area contributed by atoms with Crippen molar-refractivity contribution in [2.24, 2.45) is 40.5 Å². The number of nitrogens with one attached hydrogen (secondary N) is 10. The highest BCUT2D eigenvalue weighted by molar-refractivity contribution is 6.08. The van der Waals surface area contributed by atoms with Crippen molar-refractivity contribution in [2.75, 3.05) is 32.7 Å². The molecule has 428 valence electrons. The molecular weight excluding hydrogens is 999 g/mol. The zero-order valence-corrected chi connectivity index (χ0v) is 44.7. The molecule has 10 atom stereocenters. The van der Waals surface area contributed by atoms with Crippen LogP contribution >= 0.6 is 0 Å². The zero-order chi connectivity index (χ0) is 57.4. The fourth-order valence-electron chi connectivity index (χ4n) is 8.85. The lowest BCUT2D eigenvalue weighted by atomic mass is 9.84. The summed E-state index contributed by atoms with van der Waals surface area (Å²) in [5, 5.41) is 25.5. The number of carbonyl (C=O) groups excluding carboxylic acids is 11. The van der Waals surface area contributed by atoms with Crippen molar-refractivity contribution < 1.29 is 52.7 Å². The molecule has 3 rings (SSSR count). The maximum absolute atomic E-state index is 14.5. The van der Waals surface area contributed by atoms with Crippen molar-refractivity contribution >= 4 is 70.4 Å². The maximum Gasteiger partial charge on any atom is 0.250 e. The molecule has 77 heavy (non-hydrogen) atoms. The van der Waals surface area contributed by atoms with Crippen molar-refractivity contribution in [3.05, 3.63) is 42.5 Å². The first-order valence-corrected chi connectivity index (χ1v) is 26.4. The third kappa shape index (κ3) is 20.5. The van der Waals surface area contributed by atoms with E-state index in [2.05, 4.69) is 59.7 Å². The van der Waals surface area contributed by atoms with Crippen LogP contribution in [0.5, 0.6) is 0 Å². The molecule has 10 amide bonds. The Morgan fingerprint density at radius 2 is 1.10 bits per heavy atom. The highest BCUT2D eigenvalue weighted by Gasteiger charge is 2.37. The molecule has 0 radical (unpaired) electrons. The summed E-state index contributed by atoms with van der Waals surface area (Å²) in [5.41, 5.74) is 30.2. The Kier molecular flexibility index (Phi) is 27.3. The molecule has 20 N–H and O–H groups in total. The normalized spacial score (nSPS) is 24.2. The molecule has 2 aliphatic rings. The van der Waals surface area contributed by atoms with E-state index in [4.69, 9.17) is 28.7 Å². The summed E-state index contributed by atoms with van der Waals surface area (Å²) in [6.45, 7) is 9.05. The minimum Gasteiger partial charge on any atom is -0.354 e. The lowest BCUT2D eigenvalue weighted by Crippen LogP contribution is -2.61. The Labute approximate surface area is 449 Å².